The summed E-state index contributed by atoms with van der Waals surface area (Å²) in [7, 11) is 1.53. The predicted molar refractivity (Wildman–Crippen MR) is 75.9 cm³/mol. The molecule has 0 atom stereocenters. The van der Waals surface area contributed by atoms with E-state index in [1.807, 2.05) is 13.8 Å². The Hall–Kier alpha value is -2.74. The number of aryl methyl sites for hydroxylation is 2. The van der Waals surface area contributed by atoms with Gasteiger partial charge in [0, 0.05) is 6.07 Å². The zero-order valence-electron chi connectivity index (χ0n) is 11.6. The molecule has 0 aliphatic heterocycles. The van der Waals surface area contributed by atoms with Gasteiger partial charge in [-0.15, -0.1) is 0 Å². The number of nitriles is 1. The first-order valence-electron chi connectivity index (χ1n) is 6.05. The Labute approximate surface area is 117 Å². The Balaban J connectivity index is 2.43. The highest BCUT2D eigenvalue weighted by Crippen LogP contribution is 2.32. The van der Waals surface area contributed by atoms with Crippen molar-refractivity contribution in [2.24, 2.45) is 0 Å². The molecule has 5 nitrogen and oxygen atoms in total. The van der Waals surface area contributed by atoms with Crippen LogP contribution in [-0.2, 0) is 0 Å². The van der Waals surface area contributed by atoms with Gasteiger partial charge in [-0.2, -0.15) is 10.2 Å². The van der Waals surface area contributed by atoms with E-state index < -0.39 is 0 Å². The van der Waals surface area contributed by atoms with E-state index in [1.165, 1.54) is 7.11 Å². The van der Waals surface area contributed by atoms with Crippen molar-refractivity contribution in [1.29, 1.82) is 5.26 Å². The zero-order valence-corrected chi connectivity index (χ0v) is 11.6. The maximum Gasteiger partial charge on any atom is 0.246 e. The van der Waals surface area contributed by atoms with Crippen LogP contribution in [-0.4, -0.2) is 12.1 Å². The number of hydrogen-bond acceptors (Lipinski definition) is 5. The first-order valence-corrected chi connectivity index (χ1v) is 6.05. The first kappa shape index (κ1) is 13.7. The van der Waals surface area contributed by atoms with Gasteiger partial charge in [-0.25, -0.2) is 0 Å². The van der Waals surface area contributed by atoms with E-state index in [-0.39, 0.29) is 0 Å². The summed E-state index contributed by atoms with van der Waals surface area (Å²) >= 11 is 0. The SMILES string of the molecule is COc1ccc(N)c(Oc2c(C)cc(C#N)cc2C)n1. The molecular weight excluding hydrogens is 254 g/mol. The summed E-state index contributed by atoms with van der Waals surface area (Å²) in [5, 5.41) is 8.94. The van der Waals surface area contributed by atoms with Crippen molar-refractivity contribution in [2.75, 3.05) is 12.8 Å². The number of nitrogen functional groups attached to an aromatic ring is 1. The molecule has 2 aromatic rings. The molecule has 0 aliphatic carbocycles. The third kappa shape index (κ3) is 2.64. The lowest BCUT2D eigenvalue weighted by Crippen LogP contribution is -1.99. The lowest BCUT2D eigenvalue weighted by molar-refractivity contribution is 0.383. The monoisotopic (exact) mass is 269 g/mol. The molecule has 2 N–H and O–H groups in total. The number of nitrogens with two attached hydrogens (primary N) is 1. The molecule has 0 spiro atoms. The van der Waals surface area contributed by atoms with Crippen LogP contribution < -0.4 is 15.2 Å². The lowest BCUT2D eigenvalue weighted by Gasteiger charge is -2.13. The van der Waals surface area contributed by atoms with Crippen molar-refractivity contribution in [3.05, 3.63) is 41.0 Å². The van der Waals surface area contributed by atoms with Crippen molar-refractivity contribution in [3.8, 4) is 23.6 Å². The van der Waals surface area contributed by atoms with Crippen molar-refractivity contribution >= 4 is 5.69 Å². The third-order valence-corrected chi connectivity index (χ3v) is 2.86. The highest BCUT2D eigenvalue weighted by Gasteiger charge is 2.11. The van der Waals surface area contributed by atoms with Gasteiger partial charge >= 0.3 is 0 Å². The van der Waals surface area contributed by atoms with E-state index in [9.17, 15) is 0 Å². The van der Waals surface area contributed by atoms with Gasteiger partial charge in [0.25, 0.3) is 0 Å². The summed E-state index contributed by atoms with van der Waals surface area (Å²) in [4.78, 5) is 4.18. The fraction of sp³-hybridized carbons (Fsp3) is 0.200. The average molecular weight is 269 g/mol. The first-order chi connectivity index (χ1) is 9.55. The Morgan fingerprint density at radius 3 is 2.40 bits per heavy atom. The molecule has 0 radical (unpaired) electrons. The van der Waals surface area contributed by atoms with Gasteiger partial charge in [0.05, 0.1) is 24.4 Å². The molecule has 1 aromatic carbocycles. The standard InChI is InChI=1S/C15H15N3O2/c1-9-6-11(8-16)7-10(2)14(9)20-15-12(17)4-5-13(18-15)19-3/h4-7H,17H2,1-3H3. The fourth-order valence-corrected chi connectivity index (χ4v) is 1.90. The van der Waals surface area contributed by atoms with Gasteiger partial charge in [-0.3, -0.25) is 0 Å². The van der Waals surface area contributed by atoms with Crippen LogP contribution in [0.4, 0.5) is 5.69 Å². The van der Waals surface area contributed by atoms with Gasteiger partial charge in [-0.1, -0.05) is 0 Å². The Kier molecular flexibility index (Phi) is 3.76. The molecule has 2 rings (SSSR count). The van der Waals surface area contributed by atoms with E-state index in [1.54, 1.807) is 24.3 Å². The highest BCUT2D eigenvalue weighted by atomic mass is 16.5. The molecule has 0 saturated carbocycles. The molecule has 20 heavy (non-hydrogen) atoms. The summed E-state index contributed by atoms with van der Waals surface area (Å²) in [6.07, 6.45) is 0. The molecule has 0 aliphatic rings. The molecule has 0 fully saturated rings. The van der Waals surface area contributed by atoms with Crippen LogP contribution >= 0.6 is 0 Å². The van der Waals surface area contributed by atoms with Gasteiger partial charge < -0.3 is 15.2 Å². The van der Waals surface area contributed by atoms with Crippen molar-refractivity contribution in [2.45, 2.75) is 13.8 Å². The Bertz CT molecular complexity index is 667. The minimum Gasteiger partial charge on any atom is -0.481 e. The summed E-state index contributed by atoms with van der Waals surface area (Å²) in [5.74, 6) is 1.37. The number of rotatable bonds is 3. The predicted octanol–water partition coefficient (Wildman–Crippen LogP) is 2.95. The van der Waals surface area contributed by atoms with E-state index >= 15 is 0 Å². The van der Waals surface area contributed by atoms with Gasteiger partial charge in [0.2, 0.25) is 11.8 Å². The molecule has 0 unspecified atom stereocenters. The number of anilines is 1. The zero-order chi connectivity index (χ0) is 14.7. The number of pyridine rings is 1. The normalized spacial score (nSPS) is 9.90. The number of ether oxygens (including phenoxy) is 2. The van der Waals surface area contributed by atoms with E-state index in [2.05, 4.69) is 11.1 Å². The average Bonchev–Trinajstić information content (AvgIpc) is 2.44. The molecule has 102 valence electrons. The van der Waals surface area contributed by atoms with Crippen molar-refractivity contribution < 1.29 is 9.47 Å². The molecule has 0 bridgehead atoms. The lowest BCUT2D eigenvalue weighted by atomic mass is 10.1. The summed E-state index contributed by atoms with van der Waals surface area (Å²) in [6, 6.07) is 8.98. The highest BCUT2D eigenvalue weighted by molar-refractivity contribution is 5.54. The molecule has 5 heteroatoms. The Morgan fingerprint density at radius 1 is 1.20 bits per heavy atom. The van der Waals surface area contributed by atoms with Crippen LogP contribution in [0.15, 0.2) is 24.3 Å². The topological polar surface area (TPSA) is 81.2 Å². The second-order valence-corrected chi connectivity index (χ2v) is 4.40. The number of hydrogen-bond donors (Lipinski definition) is 1. The molecule has 1 heterocycles. The molecule has 1 aromatic heterocycles. The van der Waals surface area contributed by atoms with Crippen LogP contribution in [0.2, 0.25) is 0 Å². The summed E-state index contributed by atoms with van der Waals surface area (Å²) in [5.41, 5.74) is 8.58. The maximum absolute atomic E-state index is 8.94. The van der Waals surface area contributed by atoms with Crippen LogP contribution in [0.25, 0.3) is 0 Å². The number of methoxy groups -OCH3 is 1. The van der Waals surface area contributed by atoms with Gasteiger partial charge in [0.1, 0.15) is 5.75 Å². The number of nitrogens with zero attached hydrogens (tertiary/aromatic N) is 2. The van der Waals surface area contributed by atoms with Crippen LogP contribution in [0, 0.1) is 25.2 Å². The number of aromatic nitrogens is 1. The number of benzene rings is 1. The van der Waals surface area contributed by atoms with Crippen molar-refractivity contribution in [1.82, 2.24) is 4.98 Å². The quantitative estimate of drug-likeness (QED) is 0.926. The maximum atomic E-state index is 8.94. The largest absolute Gasteiger partial charge is 0.481 e. The second-order valence-electron chi connectivity index (χ2n) is 4.40. The molecule has 0 amide bonds. The minimum atomic E-state index is 0.292. The van der Waals surface area contributed by atoms with Crippen molar-refractivity contribution in [3.63, 3.8) is 0 Å². The minimum absolute atomic E-state index is 0.292. The summed E-state index contributed by atoms with van der Waals surface area (Å²) < 4.78 is 10.8. The molecular formula is C15H15N3O2. The van der Waals surface area contributed by atoms with Gasteiger partial charge in [0.15, 0.2) is 0 Å². The molecule has 0 saturated heterocycles. The fourth-order valence-electron chi connectivity index (χ4n) is 1.90. The van der Waals surface area contributed by atoms with Gasteiger partial charge in [-0.05, 0) is 43.2 Å². The van der Waals surface area contributed by atoms with E-state index in [4.69, 9.17) is 20.5 Å². The van der Waals surface area contributed by atoms with Crippen LogP contribution in [0.3, 0.4) is 0 Å². The smallest absolute Gasteiger partial charge is 0.246 e. The van der Waals surface area contributed by atoms with E-state index in [0.29, 0.717) is 28.8 Å². The second kappa shape index (κ2) is 5.49. The van der Waals surface area contributed by atoms with Crippen LogP contribution in [0.5, 0.6) is 17.5 Å². The van der Waals surface area contributed by atoms with E-state index in [0.717, 1.165) is 11.1 Å². The van der Waals surface area contributed by atoms with Crippen LogP contribution in [0.1, 0.15) is 16.7 Å². The summed E-state index contributed by atoms with van der Waals surface area (Å²) in [6.45, 7) is 3.75. The third-order valence-electron chi connectivity index (χ3n) is 2.86. The Morgan fingerprint density at radius 2 is 1.85 bits per heavy atom.